The van der Waals surface area contributed by atoms with E-state index in [1.807, 2.05) is 18.2 Å². The third kappa shape index (κ3) is 1.53. The summed E-state index contributed by atoms with van der Waals surface area (Å²) in [6.45, 7) is 0.313. The van der Waals surface area contributed by atoms with Crippen molar-refractivity contribution in [3.8, 4) is 5.75 Å². The molecule has 4 unspecified atom stereocenters. The lowest BCUT2D eigenvalue weighted by atomic mass is 9.77. The first-order chi connectivity index (χ1) is 10.6. The van der Waals surface area contributed by atoms with Gasteiger partial charge < -0.3 is 19.5 Å². The van der Waals surface area contributed by atoms with Crippen LogP contribution in [-0.2, 0) is 14.3 Å². The highest BCUT2D eigenvalue weighted by Gasteiger charge is 2.67. The van der Waals surface area contributed by atoms with Gasteiger partial charge in [0, 0.05) is 0 Å². The van der Waals surface area contributed by atoms with Gasteiger partial charge >= 0.3 is 5.97 Å². The third-order valence-electron chi connectivity index (χ3n) is 4.76. The van der Waals surface area contributed by atoms with E-state index < -0.39 is 29.5 Å². The molecule has 22 heavy (non-hydrogen) atoms. The highest BCUT2D eigenvalue weighted by atomic mass is 16.5. The van der Waals surface area contributed by atoms with Crippen LogP contribution >= 0.6 is 0 Å². The fraction of sp³-hybridized carbons (Fsp3) is 0.375. The Morgan fingerprint density at radius 1 is 1.45 bits per heavy atom. The van der Waals surface area contributed by atoms with Gasteiger partial charge in [0.05, 0.1) is 31.4 Å². The van der Waals surface area contributed by atoms with Crippen LogP contribution in [0.1, 0.15) is 0 Å². The first-order valence-electron chi connectivity index (χ1n) is 7.12. The number of hydrogen-bond donors (Lipinski definition) is 1. The number of anilines is 1. The standard InChI is InChI=1S/C16H15NO5/c1-21-10-5-3-2-4-9(10)17-8-16-7-6-11(22-16)12(15(19)20)13(16)14(17)18/h2-7,11-13H,8H2,1H3,(H,19,20). The van der Waals surface area contributed by atoms with Crippen molar-refractivity contribution in [2.24, 2.45) is 11.8 Å². The zero-order valence-electron chi connectivity index (χ0n) is 11.9. The molecule has 4 atom stereocenters. The number of aliphatic carboxylic acids is 1. The third-order valence-corrected chi connectivity index (χ3v) is 4.76. The fourth-order valence-electron chi connectivity index (χ4n) is 3.84. The summed E-state index contributed by atoms with van der Waals surface area (Å²) in [5.74, 6) is -2.13. The van der Waals surface area contributed by atoms with Gasteiger partial charge in [-0.05, 0) is 12.1 Å². The predicted octanol–water partition coefficient (Wildman–Crippen LogP) is 1.07. The Balaban J connectivity index is 1.77. The van der Waals surface area contributed by atoms with Crippen LogP contribution in [-0.4, -0.2) is 42.3 Å². The van der Waals surface area contributed by atoms with Gasteiger partial charge in [-0.25, -0.2) is 0 Å². The Kier molecular flexibility index (Phi) is 2.62. The summed E-state index contributed by atoms with van der Waals surface area (Å²) in [7, 11) is 1.54. The number of rotatable bonds is 3. The van der Waals surface area contributed by atoms with Crippen LogP contribution in [0.3, 0.4) is 0 Å². The number of methoxy groups -OCH3 is 1. The van der Waals surface area contributed by atoms with E-state index in [-0.39, 0.29) is 5.91 Å². The largest absolute Gasteiger partial charge is 0.495 e. The van der Waals surface area contributed by atoms with Crippen molar-refractivity contribution in [1.82, 2.24) is 0 Å². The Morgan fingerprint density at radius 2 is 2.23 bits per heavy atom. The predicted molar refractivity (Wildman–Crippen MR) is 76.7 cm³/mol. The minimum Gasteiger partial charge on any atom is -0.495 e. The van der Waals surface area contributed by atoms with Crippen LogP contribution in [0.4, 0.5) is 5.69 Å². The van der Waals surface area contributed by atoms with Crippen LogP contribution in [0.25, 0.3) is 0 Å². The maximum atomic E-state index is 12.8. The van der Waals surface area contributed by atoms with Crippen molar-refractivity contribution in [3.63, 3.8) is 0 Å². The van der Waals surface area contributed by atoms with Crippen LogP contribution in [0, 0.1) is 11.8 Å². The van der Waals surface area contributed by atoms with Crippen molar-refractivity contribution in [1.29, 1.82) is 0 Å². The molecule has 1 aromatic rings. The van der Waals surface area contributed by atoms with Gasteiger partial charge in [-0.2, -0.15) is 0 Å². The molecule has 3 heterocycles. The number of carboxylic acid groups (broad SMARTS) is 1. The Bertz CT molecular complexity index is 700. The molecule has 4 rings (SSSR count). The lowest BCUT2D eigenvalue weighted by Gasteiger charge is -2.22. The molecule has 0 aromatic heterocycles. The lowest BCUT2D eigenvalue weighted by Crippen LogP contribution is -2.39. The summed E-state index contributed by atoms with van der Waals surface area (Å²) in [5.41, 5.74) is -0.186. The summed E-state index contributed by atoms with van der Waals surface area (Å²) in [6, 6.07) is 7.21. The fourth-order valence-corrected chi connectivity index (χ4v) is 3.84. The minimum absolute atomic E-state index is 0.219. The monoisotopic (exact) mass is 301 g/mol. The first-order valence-corrected chi connectivity index (χ1v) is 7.12. The van der Waals surface area contributed by atoms with Crippen molar-refractivity contribution >= 4 is 17.6 Å². The summed E-state index contributed by atoms with van der Waals surface area (Å²) in [6.07, 6.45) is 3.09. The van der Waals surface area contributed by atoms with E-state index >= 15 is 0 Å². The Hall–Kier alpha value is -2.34. The van der Waals surface area contributed by atoms with Gasteiger partial charge in [0.15, 0.2) is 0 Å². The van der Waals surface area contributed by atoms with Gasteiger partial charge in [-0.3, -0.25) is 9.59 Å². The molecule has 3 aliphatic rings. The molecule has 1 spiro atoms. The van der Waals surface area contributed by atoms with E-state index in [4.69, 9.17) is 9.47 Å². The highest BCUT2D eigenvalue weighted by Crippen LogP contribution is 2.53. The molecule has 6 nitrogen and oxygen atoms in total. The molecule has 1 N–H and O–H groups in total. The molecule has 1 amide bonds. The SMILES string of the molecule is COc1ccccc1N1CC23C=CC(O2)C(C(=O)O)C3C1=O. The number of hydrogen-bond acceptors (Lipinski definition) is 4. The quantitative estimate of drug-likeness (QED) is 0.845. The van der Waals surface area contributed by atoms with E-state index in [1.54, 1.807) is 30.2 Å². The number of carbonyl (C=O) groups is 2. The van der Waals surface area contributed by atoms with Crippen molar-refractivity contribution in [3.05, 3.63) is 36.4 Å². The van der Waals surface area contributed by atoms with Crippen molar-refractivity contribution in [2.75, 3.05) is 18.6 Å². The van der Waals surface area contributed by atoms with Gasteiger partial charge in [0.1, 0.15) is 17.3 Å². The molecule has 6 heteroatoms. The second kappa shape index (κ2) is 4.33. The number of carbonyl (C=O) groups excluding carboxylic acids is 1. The van der Waals surface area contributed by atoms with Crippen LogP contribution in [0.2, 0.25) is 0 Å². The zero-order valence-corrected chi connectivity index (χ0v) is 11.9. The summed E-state index contributed by atoms with van der Waals surface area (Å²) in [4.78, 5) is 26.0. The number of benzene rings is 1. The Labute approximate surface area is 126 Å². The maximum absolute atomic E-state index is 12.8. The summed E-state index contributed by atoms with van der Waals surface area (Å²) in [5, 5.41) is 9.45. The first kappa shape index (κ1) is 13.3. The van der Waals surface area contributed by atoms with Gasteiger partial charge in [0.25, 0.3) is 0 Å². The maximum Gasteiger partial charge on any atom is 0.310 e. The molecule has 2 saturated heterocycles. The number of amides is 1. The van der Waals surface area contributed by atoms with Gasteiger partial charge in [-0.15, -0.1) is 0 Å². The summed E-state index contributed by atoms with van der Waals surface area (Å²) < 4.78 is 11.2. The number of nitrogens with zero attached hydrogens (tertiary/aromatic N) is 1. The van der Waals surface area contributed by atoms with Crippen molar-refractivity contribution < 1.29 is 24.2 Å². The molecule has 0 radical (unpaired) electrons. The molecule has 2 bridgehead atoms. The smallest absolute Gasteiger partial charge is 0.310 e. The molecule has 0 aliphatic carbocycles. The van der Waals surface area contributed by atoms with E-state index in [0.29, 0.717) is 18.0 Å². The zero-order chi connectivity index (χ0) is 15.5. The Morgan fingerprint density at radius 3 is 2.95 bits per heavy atom. The molecule has 1 aromatic carbocycles. The van der Waals surface area contributed by atoms with Crippen LogP contribution in [0.15, 0.2) is 36.4 Å². The second-order valence-electron chi connectivity index (χ2n) is 5.83. The lowest BCUT2D eigenvalue weighted by molar-refractivity contribution is -0.146. The average Bonchev–Trinajstić information content (AvgIpc) is 3.15. The van der Waals surface area contributed by atoms with Gasteiger partial charge in [-0.1, -0.05) is 24.3 Å². The number of para-hydroxylation sites is 2. The second-order valence-corrected chi connectivity index (χ2v) is 5.83. The average molecular weight is 301 g/mol. The topological polar surface area (TPSA) is 76.1 Å². The molecule has 0 saturated carbocycles. The number of fused-ring (bicyclic) bond motifs is 1. The van der Waals surface area contributed by atoms with Gasteiger partial charge in [0.2, 0.25) is 5.91 Å². The molecule has 114 valence electrons. The molecular weight excluding hydrogens is 286 g/mol. The van der Waals surface area contributed by atoms with E-state index in [0.717, 1.165) is 0 Å². The van der Waals surface area contributed by atoms with Crippen LogP contribution in [0.5, 0.6) is 5.75 Å². The summed E-state index contributed by atoms with van der Waals surface area (Å²) >= 11 is 0. The number of carboxylic acids is 1. The van der Waals surface area contributed by atoms with E-state index in [1.165, 1.54) is 0 Å². The van der Waals surface area contributed by atoms with E-state index in [2.05, 4.69) is 0 Å². The van der Waals surface area contributed by atoms with E-state index in [9.17, 15) is 14.7 Å². The van der Waals surface area contributed by atoms with Crippen molar-refractivity contribution in [2.45, 2.75) is 11.7 Å². The molecule has 3 aliphatic heterocycles. The minimum atomic E-state index is -0.989. The molecular formula is C16H15NO5. The highest BCUT2D eigenvalue weighted by molar-refractivity contribution is 6.03. The normalized spacial score (nSPS) is 35.0. The van der Waals surface area contributed by atoms with Crippen LogP contribution < -0.4 is 9.64 Å². The molecule has 2 fully saturated rings. The number of ether oxygens (including phenoxy) is 2.